The molecular formula is C12H25NO2. The summed E-state index contributed by atoms with van der Waals surface area (Å²) in [5.41, 5.74) is 0. The summed E-state index contributed by atoms with van der Waals surface area (Å²) in [6.07, 6.45) is -0.280. The molecule has 0 saturated heterocycles. The molecular weight excluding hydrogens is 190 g/mol. The maximum absolute atomic E-state index is 11.7. The molecule has 0 aliphatic carbocycles. The Labute approximate surface area is 93.8 Å². The molecule has 0 heterocycles. The van der Waals surface area contributed by atoms with Crippen molar-refractivity contribution in [1.29, 1.82) is 0 Å². The van der Waals surface area contributed by atoms with Crippen molar-refractivity contribution < 1.29 is 9.53 Å². The van der Waals surface area contributed by atoms with Crippen molar-refractivity contribution in [3.05, 3.63) is 0 Å². The van der Waals surface area contributed by atoms with Crippen LogP contribution in [0.2, 0.25) is 0 Å². The lowest BCUT2D eigenvalue weighted by Gasteiger charge is -2.34. The van der Waals surface area contributed by atoms with Gasteiger partial charge in [-0.25, -0.2) is 4.79 Å². The van der Waals surface area contributed by atoms with Crippen LogP contribution >= 0.6 is 0 Å². The lowest BCUT2D eigenvalue weighted by Crippen LogP contribution is -2.44. The molecule has 0 aromatic rings. The highest BCUT2D eigenvalue weighted by Crippen LogP contribution is 2.19. The standard InChI is InChI=1S/C12H25NO2/c1-8(2)11(9(3)4)13(7)12(14)15-10(5)6/h8-11H,1-7H3. The van der Waals surface area contributed by atoms with Crippen molar-refractivity contribution in [3.8, 4) is 0 Å². The van der Waals surface area contributed by atoms with Gasteiger partial charge in [-0.15, -0.1) is 0 Å². The Morgan fingerprint density at radius 2 is 1.40 bits per heavy atom. The Balaban J connectivity index is 4.49. The highest BCUT2D eigenvalue weighted by Gasteiger charge is 2.27. The minimum Gasteiger partial charge on any atom is -0.447 e. The van der Waals surface area contributed by atoms with Crippen LogP contribution < -0.4 is 0 Å². The Bertz CT molecular complexity index is 192. The molecule has 90 valence electrons. The average Bonchev–Trinajstić information content (AvgIpc) is 2.00. The molecule has 0 fully saturated rings. The molecule has 0 N–H and O–H groups in total. The van der Waals surface area contributed by atoms with Crippen LogP contribution in [-0.2, 0) is 4.74 Å². The zero-order valence-corrected chi connectivity index (χ0v) is 11.1. The summed E-state index contributed by atoms with van der Waals surface area (Å²) in [7, 11) is 1.81. The molecule has 0 atom stereocenters. The third kappa shape index (κ3) is 4.54. The van der Waals surface area contributed by atoms with E-state index in [1.54, 1.807) is 4.90 Å². The van der Waals surface area contributed by atoms with E-state index < -0.39 is 0 Å². The summed E-state index contributed by atoms with van der Waals surface area (Å²) in [5, 5.41) is 0. The molecule has 0 aliphatic rings. The number of carbonyl (C=O) groups excluding carboxylic acids is 1. The molecule has 0 spiro atoms. The van der Waals surface area contributed by atoms with Crippen LogP contribution in [0.15, 0.2) is 0 Å². The van der Waals surface area contributed by atoms with Crippen molar-refractivity contribution in [1.82, 2.24) is 4.90 Å². The highest BCUT2D eigenvalue weighted by atomic mass is 16.6. The second kappa shape index (κ2) is 5.99. The van der Waals surface area contributed by atoms with Gasteiger partial charge in [-0.3, -0.25) is 0 Å². The third-order valence-electron chi connectivity index (χ3n) is 2.44. The number of rotatable bonds is 4. The highest BCUT2D eigenvalue weighted by molar-refractivity contribution is 5.67. The van der Waals surface area contributed by atoms with Crippen molar-refractivity contribution in [2.75, 3.05) is 7.05 Å². The second-order valence-electron chi connectivity index (χ2n) is 5.02. The predicted molar refractivity (Wildman–Crippen MR) is 62.8 cm³/mol. The van der Waals surface area contributed by atoms with Gasteiger partial charge in [0, 0.05) is 13.1 Å². The first kappa shape index (κ1) is 14.3. The number of nitrogens with zero attached hydrogens (tertiary/aromatic N) is 1. The fourth-order valence-corrected chi connectivity index (χ4v) is 2.07. The molecule has 0 radical (unpaired) electrons. The number of hydrogen-bond donors (Lipinski definition) is 0. The summed E-state index contributed by atoms with van der Waals surface area (Å²) in [5.74, 6) is 0.879. The van der Waals surface area contributed by atoms with E-state index in [1.165, 1.54) is 0 Å². The average molecular weight is 215 g/mol. The zero-order valence-electron chi connectivity index (χ0n) is 11.1. The Morgan fingerprint density at radius 3 is 1.67 bits per heavy atom. The minimum atomic E-state index is -0.225. The Morgan fingerprint density at radius 1 is 1.00 bits per heavy atom. The van der Waals surface area contributed by atoms with Gasteiger partial charge in [0.05, 0.1) is 6.10 Å². The second-order valence-corrected chi connectivity index (χ2v) is 5.02. The van der Waals surface area contributed by atoms with Crippen LogP contribution in [0.25, 0.3) is 0 Å². The molecule has 0 bridgehead atoms. The molecule has 15 heavy (non-hydrogen) atoms. The van der Waals surface area contributed by atoms with E-state index in [9.17, 15) is 4.79 Å². The molecule has 1 amide bonds. The molecule has 0 saturated carbocycles. The van der Waals surface area contributed by atoms with Gasteiger partial charge >= 0.3 is 6.09 Å². The minimum absolute atomic E-state index is 0.0556. The van der Waals surface area contributed by atoms with E-state index in [-0.39, 0.29) is 18.2 Å². The Kier molecular flexibility index (Phi) is 5.69. The zero-order chi connectivity index (χ0) is 12.2. The Hall–Kier alpha value is -0.730. The summed E-state index contributed by atoms with van der Waals surface area (Å²) < 4.78 is 5.18. The van der Waals surface area contributed by atoms with Gasteiger partial charge in [-0.2, -0.15) is 0 Å². The van der Waals surface area contributed by atoms with Gasteiger partial charge < -0.3 is 9.64 Å². The predicted octanol–water partition coefficient (Wildman–Crippen LogP) is 3.14. The van der Waals surface area contributed by atoms with Crippen LogP contribution in [0, 0.1) is 11.8 Å². The van der Waals surface area contributed by atoms with Gasteiger partial charge in [0.1, 0.15) is 0 Å². The SMILES string of the molecule is CC(C)OC(=O)N(C)C(C(C)C)C(C)C. The number of carbonyl (C=O) groups is 1. The van der Waals surface area contributed by atoms with E-state index in [1.807, 2.05) is 20.9 Å². The van der Waals surface area contributed by atoms with Gasteiger partial charge in [0.2, 0.25) is 0 Å². The number of amides is 1. The maximum atomic E-state index is 11.7. The first-order valence-corrected chi connectivity index (χ1v) is 5.70. The van der Waals surface area contributed by atoms with Crippen LogP contribution in [-0.4, -0.2) is 30.2 Å². The van der Waals surface area contributed by atoms with Crippen LogP contribution in [0.3, 0.4) is 0 Å². The molecule has 0 unspecified atom stereocenters. The van der Waals surface area contributed by atoms with Crippen LogP contribution in [0.4, 0.5) is 4.79 Å². The number of ether oxygens (including phenoxy) is 1. The molecule has 0 aliphatic heterocycles. The lowest BCUT2D eigenvalue weighted by atomic mass is 9.92. The fourth-order valence-electron chi connectivity index (χ4n) is 2.07. The van der Waals surface area contributed by atoms with E-state index in [4.69, 9.17) is 4.74 Å². The first-order chi connectivity index (χ1) is 6.77. The number of hydrogen-bond acceptors (Lipinski definition) is 2. The molecule has 0 rings (SSSR count). The maximum Gasteiger partial charge on any atom is 0.410 e. The van der Waals surface area contributed by atoms with Gasteiger partial charge in [0.15, 0.2) is 0 Å². The fraction of sp³-hybridized carbons (Fsp3) is 0.917. The van der Waals surface area contributed by atoms with Gasteiger partial charge in [-0.05, 0) is 25.7 Å². The first-order valence-electron chi connectivity index (χ1n) is 5.70. The van der Waals surface area contributed by atoms with Crippen molar-refractivity contribution in [2.24, 2.45) is 11.8 Å². The molecule has 3 heteroatoms. The topological polar surface area (TPSA) is 29.5 Å². The normalized spacial score (nSPS) is 11.7. The smallest absolute Gasteiger partial charge is 0.410 e. The van der Waals surface area contributed by atoms with E-state index in [0.29, 0.717) is 11.8 Å². The van der Waals surface area contributed by atoms with E-state index in [2.05, 4.69) is 27.7 Å². The quantitative estimate of drug-likeness (QED) is 0.721. The summed E-state index contributed by atoms with van der Waals surface area (Å²) in [4.78, 5) is 13.4. The molecule has 0 aromatic heterocycles. The van der Waals surface area contributed by atoms with Crippen LogP contribution in [0.5, 0.6) is 0 Å². The van der Waals surface area contributed by atoms with E-state index >= 15 is 0 Å². The molecule has 0 aromatic carbocycles. The van der Waals surface area contributed by atoms with Crippen LogP contribution in [0.1, 0.15) is 41.5 Å². The van der Waals surface area contributed by atoms with Crippen molar-refractivity contribution >= 4 is 6.09 Å². The summed E-state index contributed by atoms with van der Waals surface area (Å²) in [6, 6.07) is 0.233. The monoisotopic (exact) mass is 215 g/mol. The third-order valence-corrected chi connectivity index (χ3v) is 2.44. The summed E-state index contributed by atoms with van der Waals surface area (Å²) in [6.45, 7) is 12.2. The molecule has 3 nitrogen and oxygen atoms in total. The van der Waals surface area contributed by atoms with Gasteiger partial charge in [0.25, 0.3) is 0 Å². The van der Waals surface area contributed by atoms with E-state index in [0.717, 1.165) is 0 Å². The van der Waals surface area contributed by atoms with Gasteiger partial charge in [-0.1, -0.05) is 27.7 Å². The summed E-state index contributed by atoms with van der Waals surface area (Å²) >= 11 is 0. The van der Waals surface area contributed by atoms with Crippen molar-refractivity contribution in [3.63, 3.8) is 0 Å². The van der Waals surface area contributed by atoms with Crippen molar-refractivity contribution in [2.45, 2.75) is 53.7 Å². The lowest BCUT2D eigenvalue weighted by molar-refractivity contribution is 0.0554. The largest absolute Gasteiger partial charge is 0.447 e.